The van der Waals surface area contributed by atoms with Crippen LogP contribution in [-0.4, -0.2) is 31.6 Å². The van der Waals surface area contributed by atoms with E-state index in [9.17, 15) is 10.1 Å². The largest absolute Gasteiger partial charge is 0.369 e. The summed E-state index contributed by atoms with van der Waals surface area (Å²) in [5.41, 5.74) is 0.622. The molecule has 0 bridgehead atoms. The van der Waals surface area contributed by atoms with Crippen LogP contribution in [0.4, 0.5) is 11.4 Å². The zero-order valence-corrected chi connectivity index (χ0v) is 12.0. The molecule has 1 aromatic carbocycles. The Balaban J connectivity index is 2.24. The average Bonchev–Trinajstić information content (AvgIpc) is 2.77. The van der Waals surface area contributed by atoms with Gasteiger partial charge in [-0.05, 0) is 25.9 Å². The predicted octanol–water partition coefficient (Wildman–Crippen LogP) is 2.95. The minimum atomic E-state index is -0.491. The number of hydrogen-bond acceptors (Lipinski definition) is 4. The van der Waals surface area contributed by atoms with Crippen LogP contribution in [0.25, 0.3) is 0 Å². The summed E-state index contributed by atoms with van der Waals surface area (Å²) in [5.74, 6) is 0.548. The van der Waals surface area contributed by atoms with Gasteiger partial charge in [0, 0.05) is 25.2 Å². The SMILES string of the molecule is CNCC1CCN(c2c(Cl)cc([N+](=O)[O-])cc2Cl)C1. The Morgan fingerprint density at radius 1 is 1.47 bits per heavy atom. The molecule has 1 atom stereocenters. The Morgan fingerprint density at radius 2 is 2.11 bits per heavy atom. The second kappa shape index (κ2) is 5.94. The predicted molar refractivity (Wildman–Crippen MR) is 77.4 cm³/mol. The first-order chi connectivity index (χ1) is 9.02. The van der Waals surface area contributed by atoms with E-state index in [2.05, 4.69) is 10.2 Å². The third kappa shape index (κ3) is 3.11. The molecular formula is C12H15Cl2N3O2. The van der Waals surface area contributed by atoms with Crippen molar-refractivity contribution >= 4 is 34.6 Å². The van der Waals surface area contributed by atoms with Gasteiger partial charge >= 0.3 is 0 Å². The molecule has 104 valence electrons. The number of nitrogens with zero attached hydrogens (tertiary/aromatic N) is 2. The lowest BCUT2D eigenvalue weighted by Crippen LogP contribution is -2.24. The van der Waals surface area contributed by atoms with Gasteiger partial charge in [-0.3, -0.25) is 10.1 Å². The van der Waals surface area contributed by atoms with Crippen molar-refractivity contribution in [3.63, 3.8) is 0 Å². The van der Waals surface area contributed by atoms with Gasteiger partial charge in [-0.15, -0.1) is 0 Å². The van der Waals surface area contributed by atoms with Crippen LogP contribution < -0.4 is 10.2 Å². The molecule has 1 fully saturated rings. The van der Waals surface area contributed by atoms with Gasteiger partial charge in [0.1, 0.15) is 0 Å². The van der Waals surface area contributed by atoms with Gasteiger partial charge in [-0.1, -0.05) is 23.2 Å². The van der Waals surface area contributed by atoms with Crippen molar-refractivity contribution in [3.8, 4) is 0 Å². The fourth-order valence-electron chi connectivity index (χ4n) is 2.45. The van der Waals surface area contributed by atoms with Crippen molar-refractivity contribution in [3.05, 3.63) is 32.3 Å². The van der Waals surface area contributed by atoms with Gasteiger partial charge < -0.3 is 10.2 Å². The second-order valence-corrected chi connectivity index (χ2v) is 5.49. The maximum absolute atomic E-state index is 10.7. The molecule has 1 N–H and O–H groups in total. The van der Waals surface area contributed by atoms with Crippen LogP contribution >= 0.6 is 23.2 Å². The molecule has 1 saturated heterocycles. The van der Waals surface area contributed by atoms with Crippen LogP contribution in [0.15, 0.2) is 12.1 Å². The summed E-state index contributed by atoms with van der Waals surface area (Å²) in [4.78, 5) is 12.3. The first-order valence-corrected chi connectivity index (χ1v) is 6.81. The summed E-state index contributed by atoms with van der Waals surface area (Å²) in [6, 6.07) is 2.71. The first kappa shape index (κ1) is 14.4. The third-order valence-electron chi connectivity index (χ3n) is 3.31. The van der Waals surface area contributed by atoms with E-state index in [1.54, 1.807) is 0 Å². The Labute approximate surface area is 121 Å². The van der Waals surface area contributed by atoms with Crippen LogP contribution in [0.3, 0.4) is 0 Å². The Hall–Kier alpha value is -1.04. The molecule has 1 aliphatic heterocycles. The summed E-state index contributed by atoms with van der Waals surface area (Å²) in [6.07, 6.45) is 1.06. The fraction of sp³-hybridized carbons (Fsp3) is 0.500. The molecule has 19 heavy (non-hydrogen) atoms. The van der Waals surface area contributed by atoms with Crippen molar-refractivity contribution in [2.75, 3.05) is 31.6 Å². The Morgan fingerprint density at radius 3 is 2.63 bits per heavy atom. The number of halogens is 2. The van der Waals surface area contributed by atoms with E-state index in [1.807, 2.05) is 7.05 Å². The summed E-state index contributed by atoms with van der Waals surface area (Å²) in [7, 11) is 1.93. The highest BCUT2D eigenvalue weighted by Gasteiger charge is 2.26. The number of benzene rings is 1. The molecule has 1 heterocycles. The van der Waals surface area contributed by atoms with Crippen LogP contribution in [0.5, 0.6) is 0 Å². The van der Waals surface area contributed by atoms with Crippen molar-refractivity contribution < 1.29 is 4.92 Å². The highest BCUT2D eigenvalue weighted by Crippen LogP contribution is 2.39. The number of non-ortho nitro benzene ring substituents is 1. The lowest BCUT2D eigenvalue weighted by Gasteiger charge is -2.21. The molecule has 7 heteroatoms. The van der Waals surface area contributed by atoms with Crippen molar-refractivity contribution in [2.24, 2.45) is 5.92 Å². The summed E-state index contributed by atoms with van der Waals surface area (Å²) < 4.78 is 0. The summed E-state index contributed by atoms with van der Waals surface area (Å²) in [5, 5.41) is 14.6. The number of rotatable bonds is 4. The lowest BCUT2D eigenvalue weighted by molar-refractivity contribution is -0.384. The molecule has 1 unspecified atom stereocenters. The Kier molecular flexibility index (Phi) is 4.50. The average molecular weight is 304 g/mol. The van der Waals surface area contributed by atoms with Crippen LogP contribution in [0.1, 0.15) is 6.42 Å². The fourth-order valence-corrected chi connectivity index (χ4v) is 3.17. The van der Waals surface area contributed by atoms with Gasteiger partial charge in [0.05, 0.1) is 20.7 Å². The minimum absolute atomic E-state index is 0.0790. The molecule has 0 spiro atoms. The second-order valence-electron chi connectivity index (χ2n) is 4.67. The smallest absolute Gasteiger partial charge is 0.272 e. The standard InChI is InChI=1S/C12H15Cl2N3O2/c1-15-6-8-2-3-16(7-8)12-10(13)4-9(17(18)19)5-11(12)14/h4-5,8,15H,2-3,6-7H2,1H3. The number of nitro benzene ring substituents is 1. The molecule has 5 nitrogen and oxygen atoms in total. The lowest BCUT2D eigenvalue weighted by atomic mass is 10.1. The van der Waals surface area contributed by atoms with Crippen LogP contribution in [0, 0.1) is 16.0 Å². The minimum Gasteiger partial charge on any atom is -0.369 e. The van der Waals surface area contributed by atoms with Crippen LogP contribution in [-0.2, 0) is 0 Å². The zero-order chi connectivity index (χ0) is 14.0. The number of nitrogens with one attached hydrogen (secondary N) is 1. The van der Waals surface area contributed by atoms with Gasteiger partial charge in [-0.25, -0.2) is 0 Å². The number of nitro groups is 1. The maximum Gasteiger partial charge on any atom is 0.272 e. The van der Waals surface area contributed by atoms with E-state index in [1.165, 1.54) is 12.1 Å². The molecule has 0 aliphatic carbocycles. The van der Waals surface area contributed by atoms with E-state index in [0.29, 0.717) is 21.7 Å². The highest BCUT2D eigenvalue weighted by atomic mass is 35.5. The van der Waals surface area contributed by atoms with Gasteiger partial charge in [0.2, 0.25) is 0 Å². The van der Waals surface area contributed by atoms with Crippen molar-refractivity contribution in [2.45, 2.75) is 6.42 Å². The van der Waals surface area contributed by atoms with Gasteiger partial charge in [-0.2, -0.15) is 0 Å². The highest BCUT2D eigenvalue weighted by molar-refractivity contribution is 6.39. The number of hydrogen-bond donors (Lipinski definition) is 1. The Bertz CT molecular complexity index is 473. The van der Waals surface area contributed by atoms with Gasteiger partial charge in [0.15, 0.2) is 0 Å². The van der Waals surface area contributed by atoms with E-state index < -0.39 is 4.92 Å². The molecule has 1 aliphatic rings. The molecule has 0 amide bonds. The molecule has 1 aromatic rings. The quantitative estimate of drug-likeness (QED) is 0.686. The normalized spacial score (nSPS) is 18.9. The number of anilines is 1. The molecule has 0 radical (unpaired) electrons. The van der Waals surface area contributed by atoms with E-state index >= 15 is 0 Å². The van der Waals surface area contributed by atoms with E-state index in [-0.39, 0.29) is 5.69 Å². The molecular weight excluding hydrogens is 289 g/mol. The molecule has 0 saturated carbocycles. The summed E-state index contributed by atoms with van der Waals surface area (Å²) >= 11 is 12.3. The topological polar surface area (TPSA) is 58.4 Å². The van der Waals surface area contributed by atoms with Crippen molar-refractivity contribution in [1.82, 2.24) is 5.32 Å². The zero-order valence-electron chi connectivity index (χ0n) is 10.5. The van der Waals surface area contributed by atoms with E-state index in [4.69, 9.17) is 23.2 Å². The van der Waals surface area contributed by atoms with Crippen molar-refractivity contribution in [1.29, 1.82) is 0 Å². The summed E-state index contributed by atoms with van der Waals surface area (Å²) in [6.45, 7) is 2.67. The van der Waals surface area contributed by atoms with Gasteiger partial charge in [0.25, 0.3) is 5.69 Å². The monoisotopic (exact) mass is 303 g/mol. The first-order valence-electron chi connectivity index (χ1n) is 6.06. The van der Waals surface area contributed by atoms with Crippen LogP contribution in [0.2, 0.25) is 10.0 Å². The van der Waals surface area contributed by atoms with E-state index in [0.717, 1.165) is 26.1 Å². The molecule has 0 aromatic heterocycles. The maximum atomic E-state index is 10.7. The molecule has 2 rings (SSSR count). The third-order valence-corrected chi connectivity index (χ3v) is 3.88.